The third kappa shape index (κ3) is 51.8. The van der Waals surface area contributed by atoms with Gasteiger partial charge in [0.2, 0.25) is 5.91 Å². The number of allylic oxidation sites excluding steroid dienone is 2. The predicted octanol–water partition coefficient (Wildman–Crippen LogP) is 18.1. The lowest BCUT2D eigenvalue weighted by atomic mass is 10.0. The molecule has 1 amide bonds. The Labute approximate surface area is 406 Å². The van der Waals surface area contributed by atoms with Gasteiger partial charge < -0.3 is 20.3 Å². The minimum Gasteiger partial charge on any atom is -0.466 e. The number of unbranched alkanes of at least 4 members (excludes halogenated alkanes) is 42. The van der Waals surface area contributed by atoms with Crippen molar-refractivity contribution in [2.24, 2.45) is 0 Å². The van der Waals surface area contributed by atoms with Gasteiger partial charge in [0.05, 0.1) is 25.4 Å². The number of aliphatic hydroxyl groups excluding tert-OH is 2. The summed E-state index contributed by atoms with van der Waals surface area (Å²) in [5, 5.41) is 23.2. The van der Waals surface area contributed by atoms with Gasteiger partial charge in [0, 0.05) is 12.8 Å². The van der Waals surface area contributed by atoms with Crippen LogP contribution < -0.4 is 5.32 Å². The van der Waals surface area contributed by atoms with E-state index in [1.807, 2.05) is 0 Å². The molecule has 6 heteroatoms. The molecular formula is C59H115NO5. The van der Waals surface area contributed by atoms with E-state index in [0.717, 1.165) is 38.5 Å². The van der Waals surface area contributed by atoms with E-state index in [0.29, 0.717) is 25.9 Å². The number of amides is 1. The van der Waals surface area contributed by atoms with Gasteiger partial charge in [0.15, 0.2) is 0 Å². The highest BCUT2D eigenvalue weighted by Gasteiger charge is 2.20. The van der Waals surface area contributed by atoms with Crippen molar-refractivity contribution in [2.75, 3.05) is 13.2 Å². The zero-order valence-corrected chi connectivity index (χ0v) is 44.0. The van der Waals surface area contributed by atoms with Gasteiger partial charge >= 0.3 is 5.97 Å². The number of hydrogen-bond acceptors (Lipinski definition) is 5. The first kappa shape index (κ1) is 63.6. The summed E-state index contributed by atoms with van der Waals surface area (Å²) in [5.74, 6) is -0.0271. The summed E-state index contributed by atoms with van der Waals surface area (Å²) in [6.07, 6.45) is 65.0. The highest BCUT2D eigenvalue weighted by atomic mass is 16.5. The fourth-order valence-corrected chi connectivity index (χ4v) is 9.28. The van der Waals surface area contributed by atoms with E-state index >= 15 is 0 Å². The van der Waals surface area contributed by atoms with Gasteiger partial charge in [-0.05, 0) is 51.4 Å². The molecule has 0 aromatic heterocycles. The van der Waals surface area contributed by atoms with E-state index in [-0.39, 0.29) is 18.5 Å². The molecule has 0 aliphatic rings. The van der Waals surface area contributed by atoms with E-state index in [9.17, 15) is 19.8 Å². The lowest BCUT2D eigenvalue weighted by Gasteiger charge is -2.22. The van der Waals surface area contributed by atoms with Crippen LogP contribution in [0, 0.1) is 0 Å². The molecule has 0 radical (unpaired) electrons. The maximum Gasteiger partial charge on any atom is 0.305 e. The first-order valence-corrected chi connectivity index (χ1v) is 29.4. The Morgan fingerprint density at radius 1 is 0.415 bits per heavy atom. The average Bonchev–Trinajstić information content (AvgIpc) is 3.31. The van der Waals surface area contributed by atoms with Crippen molar-refractivity contribution in [2.45, 2.75) is 341 Å². The molecule has 0 rings (SSSR count). The fraction of sp³-hybridized carbons (Fsp3) is 0.932. The summed E-state index contributed by atoms with van der Waals surface area (Å²) in [7, 11) is 0. The minimum absolute atomic E-state index is 0.0141. The SMILES string of the molecule is CCCCCCCCCCCCCCCCC(=O)OCCCCCCCCCCCCCC/C=C\CCCCCCCCCC(=O)NC(CO)C(O)CCCCCCCCCCCCC. The Kier molecular flexibility index (Phi) is 54.0. The van der Waals surface area contributed by atoms with E-state index in [4.69, 9.17) is 4.74 Å². The summed E-state index contributed by atoms with van der Waals surface area (Å²) in [6.45, 7) is 4.96. The highest BCUT2D eigenvalue weighted by molar-refractivity contribution is 5.76. The summed E-state index contributed by atoms with van der Waals surface area (Å²) in [5.41, 5.74) is 0. The van der Waals surface area contributed by atoms with Crippen LogP contribution in [-0.2, 0) is 14.3 Å². The Hall–Kier alpha value is -1.40. The van der Waals surface area contributed by atoms with E-state index in [1.54, 1.807) is 0 Å². The second kappa shape index (κ2) is 55.2. The van der Waals surface area contributed by atoms with Crippen LogP contribution in [0.25, 0.3) is 0 Å². The number of hydrogen-bond donors (Lipinski definition) is 3. The van der Waals surface area contributed by atoms with Crippen LogP contribution in [-0.4, -0.2) is 47.4 Å². The van der Waals surface area contributed by atoms with Crippen LogP contribution in [0.1, 0.15) is 328 Å². The van der Waals surface area contributed by atoms with E-state index in [2.05, 4.69) is 31.3 Å². The molecule has 2 atom stereocenters. The van der Waals surface area contributed by atoms with Crippen molar-refractivity contribution >= 4 is 11.9 Å². The largest absolute Gasteiger partial charge is 0.466 e. The smallest absolute Gasteiger partial charge is 0.305 e. The minimum atomic E-state index is -0.666. The summed E-state index contributed by atoms with van der Waals surface area (Å²) < 4.78 is 5.48. The van der Waals surface area contributed by atoms with Crippen molar-refractivity contribution in [3.63, 3.8) is 0 Å². The Morgan fingerprint density at radius 2 is 0.723 bits per heavy atom. The van der Waals surface area contributed by atoms with Crippen LogP contribution in [0.2, 0.25) is 0 Å². The average molecular weight is 919 g/mol. The van der Waals surface area contributed by atoms with Gasteiger partial charge in [-0.2, -0.15) is 0 Å². The van der Waals surface area contributed by atoms with Crippen LogP contribution in [0.3, 0.4) is 0 Å². The zero-order valence-electron chi connectivity index (χ0n) is 44.0. The fourth-order valence-electron chi connectivity index (χ4n) is 9.28. The summed E-state index contributed by atoms with van der Waals surface area (Å²) >= 11 is 0. The van der Waals surface area contributed by atoms with E-state index < -0.39 is 12.1 Å². The Morgan fingerprint density at radius 3 is 1.09 bits per heavy atom. The number of nitrogens with one attached hydrogen (secondary N) is 1. The first-order valence-electron chi connectivity index (χ1n) is 29.4. The quantitative estimate of drug-likeness (QED) is 0.0321. The van der Waals surface area contributed by atoms with Gasteiger partial charge in [-0.1, -0.05) is 276 Å². The predicted molar refractivity (Wildman–Crippen MR) is 283 cm³/mol. The topological polar surface area (TPSA) is 95.9 Å². The second-order valence-electron chi connectivity index (χ2n) is 20.3. The van der Waals surface area contributed by atoms with Crippen LogP contribution in [0.4, 0.5) is 0 Å². The third-order valence-corrected chi connectivity index (χ3v) is 13.8. The van der Waals surface area contributed by atoms with Gasteiger partial charge in [0.25, 0.3) is 0 Å². The molecule has 0 aromatic carbocycles. The molecule has 0 aliphatic carbocycles. The third-order valence-electron chi connectivity index (χ3n) is 13.8. The lowest BCUT2D eigenvalue weighted by molar-refractivity contribution is -0.143. The number of esters is 1. The Balaban J connectivity index is 3.38. The van der Waals surface area contributed by atoms with Crippen molar-refractivity contribution in [3.05, 3.63) is 12.2 Å². The van der Waals surface area contributed by atoms with Crippen molar-refractivity contribution in [1.82, 2.24) is 5.32 Å². The first-order chi connectivity index (χ1) is 32.0. The van der Waals surface area contributed by atoms with Crippen molar-refractivity contribution in [3.8, 4) is 0 Å². The molecule has 3 N–H and O–H groups in total. The summed E-state index contributed by atoms with van der Waals surface area (Å²) in [6, 6.07) is -0.543. The normalized spacial score (nSPS) is 12.6. The molecular weight excluding hydrogens is 803 g/mol. The molecule has 6 nitrogen and oxygen atoms in total. The molecule has 0 fully saturated rings. The van der Waals surface area contributed by atoms with Crippen LogP contribution >= 0.6 is 0 Å². The molecule has 0 spiro atoms. The molecule has 0 aromatic rings. The zero-order chi connectivity index (χ0) is 47.2. The lowest BCUT2D eigenvalue weighted by Crippen LogP contribution is -2.45. The monoisotopic (exact) mass is 918 g/mol. The van der Waals surface area contributed by atoms with Crippen LogP contribution in [0.15, 0.2) is 12.2 Å². The van der Waals surface area contributed by atoms with Crippen molar-refractivity contribution in [1.29, 1.82) is 0 Å². The summed E-state index contributed by atoms with van der Waals surface area (Å²) in [4.78, 5) is 24.5. The van der Waals surface area contributed by atoms with Gasteiger partial charge in [0.1, 0.15) is 0 Å². The molecule has 386 valence electrons. The molecule has 0 aliphatic heterocycles. The Bertz CT molecular complexity index is 970. The number of carbonyl (C=O) groups excluding carboxylic acids is 2. The van der Waals surface area contributed by atoms with E-state index in [1.165, 1.54) is 257 Å². The number of rotatable bonds is 55. The molecule has 0 bridgehead atoms. The molecule has 0 saturated heterocycles. The van der Waals surface area contributed by atoms with Crippen molar-refractivity contribution < 1.29 is 24.5 Å². The van der Waals surface area contributed by atoms with Gasteiger partial charge in [-0.3, -0.25) is 9.59 Å². The highest BCUT2D eigenvalue weighted by Crippen LogP contribution is 2.17. The maximum absolute atomic E-state index is 12.4. The number of ether oxygens (including phenoxy) is 1. The molecule has 65 heavy (non-hydrogen) atoms. The molecule has 0 heterocycles. The standard InChI is InChI=1S/C59H115NO5/c1-3-5-7-9-11-13-15-16-29-33-37-41-45-49-53-59(64)65-54-50-46-42-38-34-30-27-25-23-21-19-17-18-20-22-24-26-28-32-36-40-44-48-52-58(63)60-56(55-61)57(62)51-47-43-39-35-31-14-12-10-8-6-4-2/h20,22,56-57,61-62H,3-19,21,23-55H2,1-2H3,(H,60,63)/b22-20-. The number of aliphatic hydroxyl groups is 2. The van der Waals surface area contributed by atoms with Gasteiger partial charge in [-0.15, -0.1) is 0 Å². The van der Waals surface area contributed by atoms with Crippen LogP contribution in [0.5, 0.6) is 0 Å². The molecule has 2 unspecified atom stereocenters. The number of carbonyl (C=O) groups is 2. The second-order valence-corrected chi connectivity index (χ2v) is 20.3. The van der Waals surface area contributed by atoms with Gasteiger partial charge in [-0.25, -0.2) is 0 Å². The molecule has 0 saturated carbocycles. The maximum atomic E-state index is 12.4.